The van der Waals surface area contributed by atoms with Gasteiger partial charge in [0.1, 0.15) is 0 Å². The standard InChI is InChI=1S/C13H20O2/c1-4-15-11(3)13(14)9-12-8-6-5-7-10(12)2/h5-8,11,13-14H,4,9H2,1-3H3. The zero-order valence-corrected chi connectivity index (χ0v) is 9.73. The highest BCUT2D eigenvalue weighted by atomic mass is 16.5. The van der Waals surface area contributed by atoms with E-state index in [4.69, 9.17) is 4.74 Å². The Morgan fingerprint density at radius 1 is 1.33 bits per heavy atom. The third-order valence-electron chi connectivity index (χ3n) is 2.66. The first-order chi connectivity index (χ1) is 7.15. The molecule has 2 heteroatoms. The number of aryl methyl sites for hydroxylation is 1. The Bertz CT molecular complexity index is 296. The summed E-state index contributed by atoms with van der Waals surface area (Å²) in [6, 6.07) is 8.13. The van der Waals surface area contributed by atoms with Crippen LogP contribution < -0.4 is 0 Å². The summed E-state index contributed by atoms with van der Waals surface area (Å²) in [5.41, 5.74) is 2.41. The maximum atomic E-state index is 9.90. The van der Waals surface area contributed by atoms with Gasteiger partial charge in [-0.2, -0.15) is 0 Å². The number of hydrogen-bond donors (Lipinski definition) is 1. The van der Waals surface area contributed by atoms with Crippen LogP contribution in [0.5, 0.6) is 0 Å². The largest absolute Gasteiger partial charge is 0.390 e. The Hall–Kier alpha value is -0.860. The van der Waals surface area contributed by atoms with Crippen LogP contribution in [0.1, 0.15) is 25.0 Å². The lowest BCUT2D eigenvalue weighted by molar-refractivity contribution is -0.0208. The average Bonchev–Trinajstić information content (AvgIpc) is 2.21. The number of hydrogen-bond acceptors (Lipinski definition) is 2. The Morgan fingerprint density at radius 2 is 2.00 bits per heavy atom. The molecule has 1 aromatic rings. The Morgan fingerprint density at radius 3 is 2.60 bits per heavy atom. The molecular formula is C13H20O2. The van der Waals surface area contributed by atoms with Crippen LogP contribution in [-0.2, 0) is 11.2 Å². The second kappa shape index (κ2) is 5.89. The molecule has 0 saturated carbocycles. The van der Waals surface area contributed by atoms with Gasteiger partial charge in [0.2, 0.25) is 0 Å². The molecule has 0 aromatic heterocycles. The highest BCUT2D eigenvalue weighted by molar-refractivity contribution is 5.26. The minimum absolute atomic E-state index is 0.102. The molecule has 0 aliphatic heterocycles. The number of rotatable bonds is 5. The zero-order valence-electron chi connectivity index (χ0n) is 9.73. The fourth-order valence-corrected chi connectivity index (χ4v) is 1.60. The monoisotopic (exact) mass is 208 g/mol. The summed E-state index contributed by atoms with van der Waals surface area (Å²) in [5.74, 6) is 0. The summed E-state index contributed by atoms with van der Waals surface area (Å²) in [6.45, 7) is 6.56. The third-order valence-corrected chi connectivity index (χ3v) is 2.66. The van der Waals surface area contributed by atoms with Crippen molar-refractivity contribution < 1.29 is 9.84 Å². The van der Waals surface area contributed by atoms with E-state index >= 15 is 0 Å². The molecule has 1 rings (SSSR count). The van der Waals surface area contributed by atoms with E-state index in [9.17, 15) is 5.11 Å². The second-order valence-electron chi connectivity index (χ2n) is 3.86. The highest BCUT2D eigenvalue weighted by Crippen LogP contribution is 2.12. The molecule has 2 atom stereocenters. The lowest BCUT2D eigenvalue weighted by atomic mass is 10.0. The van der Waals surface area contributed by atoms with Gasteiger partial charge >= 0.3 is 0 Å². The van der Waals surface area contributed by atoms with Crippen molar-refractivity contribution in [1.82, 2.24) is 0 Å². The van der Waals surface area contributed by atoms with Crippen LogP contribution in [-0.4, -0.2) is 23.9 Å². The third kappa shape index (κ3) is 3.65. The second-order valence-corrected chi connectivity index (χ2v) is 3.86. The maximum absolute atomic E-state index is 9.90. The van der Waals surface area contributed by atoms with Crippen molar-refractivity contribution in [2.45, 2.75) is 39.4 Å². The van der Waals surface area contributed by atoms with E-state index in [0.717, 1.165) is 0 Å². The van der Waals surface area contributed by atoms with Crippen LogP contribution in [0, 0.1) is 6.92 Å². The molecule has 1 N–H and O–H groups in total. The van der Waals surface area contributed by atoms with Gasteiger partial charge in [-0.15, -0.1) is 0 Å². The molecule has 2 unspecified atom stereocenters. The van der Waals surface area contributed by atoms with Crippen LogP contribution in [0.3, 0.4) is 0 Å². The van der Waals surface area contributed by atoms with Gasteiger partial charge in [-0.3, -0.25) is 0 Å². The molecular weight excluding hydrogens is 188 g/mol. The van der Waals surface area contributed by atoms with Crippen molar-refractivity contribution in [1.29, 1.82) is 0 Å². The van der Waals surface area contributed by atoms with Gasteiger partial charge in [0.15, 0.2) is 0 Å². The Kier molecular flexibility index (Phi) is 4.79. The van der Waals surface area contributed by atoms with Gasteiger partial charge in [-0.05, 0) is 31.9 Å². The van der Waals surface area contributed by atoms with E-state index < -0.39 is 6.10 Å². The summed E-state index contributed by atoms with van der Waals surface area (Å²) in [7, 11) is 0. The highest BCUT2D eigenvalue weighted by Gasteiger charge is 2.15. The van der Waals surface area contributed by atoms with Crippen molar-refractivity contribution >= 4 is 0 Å². The first-order valence-electron chi connectivity index (χ1n) is 5.49. The minimum Gasteiger partial charge on any atom is -0.390 e. The predicted molar refractivity (Wildman–Crippen MR) is 62.0 cm³/mol. The normalized spacial score (nSPS) is 14.9. The molecule has 0 spiro atoms. The molecule has 84 valence electrons. The Balaban J connectivity index is 2.58. The molecule has 0 aliphatic carbocycles. The van der Waals surface area contributed by atoms with Gasteiger partial charge in [-0.25, -0.2) is 0 Å². The number of benzene rings is 1. The number of aliphatic hydroxyl groups excluding tert-OH is 1. The fraction of sp³-hybridized carbons (Fsp3) is 0.538. The molecule has 1 aromatic carbocycles. The van der Waals surface area contributed by atoms with Gasteiger partial charge in [-0.1, -0.05) is 24.3 Å². The maximum Gasteiger partial charge on any atom is 0.0839 e. The van der Waals surface area contributed by atoms with Gasteiger partial charge in [0, 0.05) is 13.0 Å². The van der Waals surface area contributed by atoms with Gasteiger partial charge in [0.25, 0.3) is 0 Å². The smallest absolute Gasteiger partial charge is 0.0839 e. The molecule has 0 fully saturated rings. The first kappa shape index (κ1) is 12.2. The molecule has 2 nitrogen and oxygen atoms in total. The van der Waals surface area contributed by atoms with Crippen LogP contribution in [0.25, 0.3) is 0 Å². The lowest BCUT2D eigenvalue weighted by Gasteiger charge is -2.19. The topological polar surface area (TPSA) is 29.5 Å². The van der Waals surface area contributed by atoms with Crippen LogP contribution in [0.2, 0.25) is 0 Å². The average molecular weight is 208 g/mol. The Labute approximate surface area is 91.9 Å². The summed E-state index contributed by atoms with van der Waals surface area (Å²) < 4.78 is 5.37. The van der Waals surface area contributed by atoms with E-state index in [1.807, 2.05) is 26.0 Å². The zero-order chi connectivity index (χ0) is 11.3. The fourth-order valence-electron chi connectivity index (χ4n) is 1.60. The first-order valence-corrected chi connectivity index (χ1v) is 5.49. The van der Waals surface area contributed by atoms with E-state index in [2.05, 4.69) is 19.1 Å². The summed E-state index contributed by atoms with van der Waals surface area (Å²) >= 11 is 0. The van der Waals surface area contributed by atoms with E-state index in [1.165, 1.54) is 11.1 Å². The molecule has 0 amide bonds. The van der Waals surface area contributed by atoms with E-state index in [1.54, 1.807) is 0 Å². The van der Waals surface area contributed by atoms with Crippen molar-refractivity contribution in [3.8, 4) is 0 Å². The van der Waals surface area contributed by atoms with E-state index in [0.29, 0.717) is 13.0 Å². The summed E-state index contributed by atoms with van der Waals surface area (Å²) in [6.07, 6.45) is 0.133. The van der Waals surface area contributed by atoms with Crippen LogP contribution in [0.4, 0.5) is 0 Å². The van der Waals surface area contributed by atoms with Crippen molar-refractivity contribution in [3.63, 3.8) is 0 Å². The number of ether oxygens (including phenoxy) is 1. The molecule has 0 radical (unpaired) electrons. The van der Waals surface area contributed by atoms with Crippen LogP contribution >= 0.6 is 0 Å². The van der Waals surface area contributed by atoms with Crippen molar-refractivity contribution in [2.24, 2.45) is 0 Å². The molecule has 0 aliphatic rings. The lowest BCUT2D eigenvalue weighted by Crippen LogP contribution is -2.28. The van der Waals surface area contributed by atoms with Crippen molar-refractivity contribution in [2.75, 3.05) is 6.61 Å². The van der Waals surface area contributed by atoms with Crippen molar-refractivity contribution in [3.05, 3.63) is 35.4 Å². The molecule has 0 bridgehead atoms. The molecule has 0 saturated heterocycles. The van der Waals surface area contributed by atoms with Gasteiger partial charge < -0.3 is 9.84 Å². The summed E-state index contributed by atoms with van der Waals surface area (Å²) in [5, 5.41) is 9.90. The minimum atomic E-state index is -0.425. The number of aliphatic hydroxyl groups is 1. The van der Waals surface area contributed by atoms with Crippen LogP contribution in [0.15, 0.2) is 24.3 Å². The summed E-state index contributed by atoms with van der Waals surface area (Å²) in [4.78, 5) is 0. The quantitative estimate of drug-likeness (QED) is 0.804. The van der Waals surface area contributed by atoms with E-state index in [-0.39, 0.29) is 6.10 Å². The SMILES string of the molecule is CCOC(C)C(O)Cc1ccccc1C. The predicted octanol–water partition coefficient (Wildman–Crippen LogP) is 2.32. The molecule has 15 heavy (non-hydrogen) atoms. The van der Waals surface area contributed by atoms with Gasteiger partial charge in [0.05, 0.1) is 12.2 Å². The molecule has 0 heterocycles.